The van der Waals surface area contributed by atoms with Crippen molar-refractivity contribution in [1.29, 1.82) is 0 Å². The number of aromatic nitrogens is 4. The predicted molar refractivity (Wildman–Crippen MR) is 136 cm³/mol. The van der Waals surface area contributed by atoms with Crippen molar-refractivity contribution in [1.82, 2.24) is 19.9 Å². The van der Waals surface area contributed by atoms with Gasteiger partial charge in [0.05, 0.1) is 22.8 Å². The van der Waals surface area contributed by atoms with E-state index in [1.54, 1.807) is 0 Å². The second kappa shape index (κ2) is 8.16. The van der Waals surface area contributed by atoms with Crippen molar-refractivity contribution in [3.8, 4) is 0 Å². The third-order valence-electron chi connectivity index (χ3n) is 7.55. The summed E-state index contributed by atoms with van der Waals surface area (Å²) < 4.78 is 0. The van der Waals surface area contributed by atoms with Crippen LogP contribution in [0.5, 0.6) is 0 Å². The van der Waals surface area contributed by atoms with Gasteiger partial charge in [0.25, 0.3) is 0 Å². The summed E-state index contributed by atoms with van der Waals surface area (Å²) in [4.78, 5) is 17.3. The molecule has 3 aromatic heterocycles. The molecule has 5 heterocycles. The van der Waals surface area contributed by atoms with Crippen LogP contribution in [0.15, 0.2) is 24.3 Å². The molecule has 0 spiro atoms. The zero-order valence-electron chi connectivity index (χ0n) is 20.5. The molecule has 173 valence electrons. The van der Waals surface area contributed by atoms with Crippen LogP contribution in [0.1, 0.15) is 72.7 Å². The van der Waals surface area contributed by atoms with Gasteiger partial charge < -0.3 is 9.97 Å². The van der Waals surface area contributed by atoms with Gasteiger partial charge in [0.1, 0.15) is 0 Å². The molecule has 2 aliphatic heterocycles. The van der Waals surface area contributed by atoms with Crippen molar-refractivity contribution >= 4 is 44.4 Å². The molecule has 0 saturated carbocycles. The van der Waals surface area contributed by atoms with Crippen LogP contribution in [0, 0.1) is 27.7 Å². The number of aromatic amines is 2. The van der Waals surface area contributed by atoms with Crippen molar-refractivity contribution in [3.63, 3.8) is 0 Å². The average Bonchev–Trinajstić information content (AvgIpc) is 3.37. The Morgan fingerprint density at radius 2 is 0.636 bits per heavy atom. The van der Waals surface area contributed by atoms with E-state index in [4.69, 9.17) is 9.97 Å². The zero-order valence-corrected chi connectivity index (χ0v) is 21.4. The quantitative estimate of drug-likeness (QED) is 0.325. The topological polar surface area (TPSA) is 57.4 Å². The van der Waals surface area contributed by atoms with E-state index in [2.05, 4.69) is 89.6 Å². The van der Waals surface area contributed by atoms with Gasteiger partial charge in [0.15, 0.2) is 0 Å². The van der Waals surface area contributed by atoms with Crippen molar-refractivity contribution < 1.29 is 17.1 Å². The van der Waals surface area contributed by atoms with E-state index in [0.717, 1.165) is 44.8 Å². The standard InChI is InChI=1S/C28H30N4.Cu/c1-13-14(2)22-10-24-17(5)18(6)26(31-24)12-28-20(8)19(7)27(32-28)11-25-16(4)15(3)23(30-25)9-21(13)29-22;/h9-12,29,32H,1-8H3;. The number of nitrogens with one attached hydrogen (secondary N) is 2. The fraction of sp³-hybridized carbons (Fsp3) is 0.286. The van der Waals surface area contributed by atoms with Gasteiger partial charge >= 0.3 is 0 Å². The molecule has 0 unspecified atom stereocenters. The van der Waals surface area contributed by atoms with Crippen molar-refractivity contribution in [2.45, 2.75) is 55.4 Å². The van der Waals surface area contributed by atoms with Crippen molar-refractivity contribution in [2.75, 3.05) is 0 Å². The zero-order chi connectivity index (χ0) is 22.9. The Morgan fingerprint density at radius 3 is 0.848 bits per heavy atom. The molecule has 4 nitrogen and oxygen atoms in total. The minimum Gasteiger partial charge on any atom is -0.355 e. The second-order valence-electron chi connectivity index (χ2n) is 9.25. The third kappa shape index (κ3) is 3.60. The summed E-state index contributed by atoms with van der Waals surface area (Å²) in [6.07, 6.45) is 0. The van der Waals surface area contributed by atoms with Crippen LogP contribution in [0.3, 0.4) is 0 Å². The Hall–Kier alpha value is -2.88. The van der Waals surface area contributed by atoms with Crippen molar-refractivity contribution in [3.05, 3.63) is 69.3 Å². The maximum atomic E-state index is 5.00. The molecule has 0 amide bonds. The molecule has 0 fully saturated rings. The molecule has 8 bridgehead atoms. The van der Waals surface area contributed by atoms with Gasteiger partial charge in [-0.05, 0) is 124 Å². The molecular weight excluding hydrogens is 456 g/mol. The summed E-state index contributed by atoms with van der Waals surface area (Å²) in [7, 11) is 0. The van der Waals surface area contributed by atoms with Crippen LogP contribution in [0.25, 0.3) is 44.4 Å². The minimum atomic E-state index is 0. The number of aryl methyl sites for hydroxylation is 4. The van der Waals surface area contributed by atoms with Gasteiger partial charge in [-0.25, -0.2) is 9.97 Å². The van der Waals surface area contributed by atoms with Crippen LogP contribution in [-0.4, -0.2) is 19.9 Å². The van der Waals surface area contributed by atoms with E-state index in [-0.39, 0.29) is 17.1 Å². The molecule has 0 atom stereocenters. The van der Waals surface area contributed by atoms with Gasteiger partial charge in [0, 0.05) is 39.1 Å². The van der Waals surface area contributed by atoms with E-state index in [0.29, 0.717) is 0 Å². The van der Waals surface area contributed by atoms with Gasteiger partial charge in [-0.1, -0.05) is 0 Å². The Balaban J connectivity index is 0.00000259. The van der Waals surface area contributed by atoms with E-state index in [9.17, 15) is 0 Å². The number of H-pyrrole nitrogens is 2. The summed E-state index contributed by atoms with van der Waals surface area (Å²) in [6, 6.07) is 8.72. The van der Waals surface area contributed by atoms with E-state index >= 15 is 0 Å². The first-order chi connectivity index (χ1) is 15.2. The maximum absolute atomic E-state index is 5.00. The van der Waals surface area contributed by atoms with Crippen molar-refractivity contribution in [2.24, 2.45) is 0 Å². The van der Waals surface area contributed by atoms with Gasteiger partial charge in [-0.3, -0.25) is 0 Å². The summed E-state index contributed by atoms with van der Waals surface area (Å²) in [6.45, 7) is 17.3. The van der Waals surface area contributed by atoms with E-state index in [1.165, 1.54) is 44.5 Å². The van der Waals surface area contributed by atoms with Gasteiger partial charge in [-0.15, -0.1) is 0 Å². The predicted octanol–water partition coefficient (Wildman–Crippen LogP) is 7.45. The van der Waals surface area contributed by atoms with E-state index < -0.39 is 0 Å². The van der Waals surface area contributed by atoms with Crippen LogP contribution in [0.2, 0.25) is 0 Å². The Kier molecular flexibility index (Phi) is 5.76. The molecule has 5 rings (SSSR count). The molecular formula is C28H30CuN4. The molecule has 33 heavy (non-hydrogen) atoms. The molecule has 2 aliphatic rings. The first-order valence-corrected chi connectivity index (χ1v) is 11.2. The molecule has 0 saturated heterocycles. The number of hydrogen-bond acceptors (Lipinski definition) is 2. The largest absolute Gasteiger partial charge is 0.355 e. The van der Waals surface area contributed by atoms with Crippen LogP contribution in [0.4, 0.5) is 0 Å². The SMILES string of the molecule is CC1=C(C)c2cc3[nH]c(cc4nc(cc5[nH]c(cc1n2)c(C)c5C)C(C)=C4C)c(C)c3C.[Cu]. The fourth-order valence-electron chi connectivity index (χ4n) is 4.52. The monoisotopic (exact) mass is 485 g/mol. The van der Waals surface area contributed by atoms with Crippen LogP contribution < -0.4 is 0 Å². The second-order valence-corrected chi connectivity index (χ2v) is 9.25. The molecule has 1 radical (unpaired) electrons. The Labute approximate surface area is 205 Å². The number of nitrogens with zero attached hydrogens (tertiary/aromatic N) is 2. The molecule has 0 aromatic carbocycles. The first-order valence-electron chi connectivity index (χ1n) is 11.2. The Bertz CT molecular complexity index is 1320. The summed E-state index contributed by atoms with van der Waals surface area (Å²) in [5.41, 5.74) is 18.4. The molecule has 0 aliphatic carbocycles. The first kappa shape index (κ1) is 23.3. The van der Waals surface area contributed by atoms with Gasteiger partial charge in [0.2, 0.25) is 0 Å². The number of fused-ring (bicyclic) bond motifs is 8. The number of rotatable bonds is 0. The summed E-state index contributed by atoms with van der Waals surface area (Å²) in [5.74, 6) is 0. The van der Waals surface area contributed by atoms with E-state index in [1.807, 2.05) is 0 Å². The number of hydrogen-bond donors (Lipinski definition) is 2. The maximum Gasteiger partial charge on any atom is 0.0690 e. The Morgan fingerprint density at radius 1 is 0.424 bits per heavy atom. The fourth-order valence-corrected chi connectivity index (χ4v) is 4.52. The van der Waals surface area contributed by atoms with Crippen LogP contribution in [-0.2, 0) is 17.1 Å². The van der Waals surface area contributed by atoms with Crippen LogP contribution >= 0.6 is 0 Å². The summed E-state index contributed by atoms with van der Waals surface area (Å²) in [5, 5.41) is 0. The third-order valence-corrected chi connectivity index (χ3v) is 7.55. The normalized spacial score (nSPS) is 13.6. The molecule has 5 heteroatoms. The smallest absolute Gasteiger partial charge is 0.0690 e. The molecule has 3 aromatic rings. The minimum absolute atomic E-state index is 0. The average molecular weight is 486 g/mol. The van der Waals surface area contributed by atoms with Gasteiger partial charge in [-0.2, -0.15) is 0 Å². The molecule has 2 N–H and O–H groups in total. The summed E-state index contributed by atoms with van der Waals surface area (Å²) >= 11 is 0. The number of allylic oxidation sites excluding steroid dienone is 4.